The molecule has 2 aliphatic heterocycles. The third kappa shape index (κ3) is 3.16. The first-order chi connectivity index (χ1) is 20.7. The first-order valence-corrected chi connectivity index (χ1v) is 14.9. The molecule has 0 bridgehead atoms. The number of benzene rings is 4. The number of aryl methyl sites for hydroxylation is 1. The summed E-state index contributed by atoms with van der Waals surface area (Å²) in [5.41, 5.74) is 12.2. The first-order valence-electron chi connectivity index (χ1n) is 14.9. The fraction of sp³-hybridized carbons (Fsp3) is 0.128. The molecule has 0 fully saturated rings. The van der Waals surface area contributed by atoms with Crippen LogP contribution in [0.2, 0.25) is 0 Å². The van der Waals surface area contributed by atoms with Crippen LogP contribution in [0, 0.1) is 0 Å². The van der Waals surface area contributed by atoms with Crippen LogP contribution in [0.4, 0.5) is 0 Å². The molecule has 200 valence electrons. The zero-order chi connectivity index (χ0) is 27.9. The average Bonchev–Trinajstić information content (AvgIpc) is 3.54. The van der Waals surface area contributed by atoms with Gasteiger partial charge in [0.2, 0.25) is 5.69 Å². The van der Waals surface area contributed by atoms with Gasteiger partial charge in [0.15, 0.2) is 12.2 Å². The second kappa shape index (κ2) is 8.74. The average molecular weight is 541 g/mol. The van der Waals surface area contributed by atoms with Crippen LogP contribution in [0.15, 0.2) is 133 Å². The summed E-state index contributed by atoms with van der Waals surface area (Å²) in [6, 6.07) is 36.0. The molecule has 42 heavy (non-hydrogen) atoms. The standard InChI is InChI=1S/C39H30N3/c1-3-34-32-23-33-31-15-10-14-30-28-13-6-7-17-36(28)42(39(30)31)38(33)22-25(32)18-19-29-26-11-4-5-12-27(26)35-16-8-9-20-41(35)37(29)21-24(2)40-34/h3-17,20,22-23,29,37H,1-2,18-19,21H2/q+1/b40-34-. The van der Waals surface area contributed by atoms with Crippen LogP contribution in [0.3, 0.4) is 0 Å². The number of rotatable bonds is 1. The third-order valence-corrected chi connectivity index (χ3v) is 9.71. The number of allylic oxidation sites excluding steroid dienone is 2. The van der Waals surface area contributed by atoms with Crippen molar-refractivity contribution in [1.29, 1.82) is 0 Å². The van der Waals surface area contributed by atoms with Crippen molar-refractivity contribution in [2.24, 2.45) is 4.99 Å². The summed E-state index contributed by atoms with van der Waals surface area (Å²) in [4.78, 5) is 5.16. The molecule has 2 aliphatic rings. The number of pyridine rings is 1. The third-order valence-electron chi connectivity index (χ3n) is 9.71. The van der Waals surface area contributed by atoms with E-state index in [9.17, 15) is 0 Å². The van der Waals surface area contributed by atoms with Crippen LogP contribution in [-0.2, 0) is 6.42 Å². The highest BCUT2D eigenvalue weighted by molar-refractivity contribution is 6.24. The van der Waals surface area contributed by atoms with E-state index in [1.54, 1.807) is 0 Å². The molecule has 0 saturated heterocycles. The second-order valence-electron chi connectivity index (χ2n) is 11.8. The lowest BCUT2D eigenvalue weighted by molar-refractivity contribution is -0.718. The summed E-state index contributed by atoms with van der Waals surface area (Å²) in [6.07, 6.45) is 6.95. The van der Waals surface area contributed by atoms with Crippen LogP contribution in [-0.4, -0.2) is 10.1 Å². The highest BCUT2D eigenvalue weighted by Crippen LogP contribution is 2.45. The van der Waals surface area contributed by atoms with Crippen molar-refractivity contribution in [3.63, 3.8) is 0 Å². The van der Waals surface area contributed by atoms with Gasteiger partial charge in [-0.15, -0.1) is 0 Å². The van der Waals surface area contributed by atoms with Crippen molar-refractivity contribution in [3.8, 4) is 11.3 Å². The molecule has 3 aromatic heterocycles. The van der Waals surface area contributed by atoms with Gasteiger partial charge in [0.05, 0.1) is 28.7 Å². The molecule has 2 unspecified atom stereocenters. The number of hydrogen-bond acceptors (Lipinski definition) is 1. The van der Waals surface area contributed by atoms with Gasteiger partial charge in [0.25, 0.3) is 0 Å². The van der Waals surface area contributed by atoms with E-state index in [0.717, 1.165) is 30.7 Å². The molecule has 4 aromatic carbocycles. The molecular weight excluding hydrogens is 510 g/mol. The lowest BCUT2D eigenvalue weighted by Crippen LogP contribution is -2.47. The Hall–Kier alpha value is -5.02. The van der Waals surface area contributed by atoms with E-state index in [1.165, 1.54) is 66.0 Å². The quantitative estimate of drug-likeness (QED) is 0.185. The van der Waals surface area contributed by atoms with Gasteiger partial charge in [-0.05, 0) is 60.4 Å². The molecular formula is C39H30N3+. The Labute approximate surface area is 244 Å². The summed E-state index contributed by atoms with van der Waals surface area (Å²) in [5, 5.41) is 5.17. The van der Waals surface area contributed by atoms with E-state index in [1.807, 2.05) is 6.08 Å². The summed E-state index contributed by atoms with van der Waals surface area (Å²) in [6.45, 7) is 8.70. The Balaban J connectivity index is 1.30. The first kappa shape index (κ1) is 23.7. The van der Waals surface area contributed by atoms with Crippen molar-refractivity contribution < 1.29 is 4.57 Å². The smallest absolute Gasteiger partial charge is 0.213 e. The fourth-order valence-electron chi connectivity index (χ4n) is 7.96. The van der Waals surface area contributed by atoms with Gasteiger partial charge in [-0.1, -0.05) is 67.8 Å². The van der Waals surface area contributed by atoms with Crippen LogP contribution in [0.1, 0.15) is 41.5 Å². The molecule has 9 rings (SSSR count). The maximum absolute atomic E-state index is 5.16. The van der Waals surface area contributed by atoms with E-state index < -0.39 is 0 Å². The minimum Gasteiger partial charge on any atom is -0.308 e. The molecule has 7 aromatic rings. The van der Waals surface area contributed by atoms with E-state index >= 15 is 0 Å². The molecule has 0 amide bonds. The Morgan fingerprint density at radius 2 is 1.57 bits per heavy atom. The molecule has 2 atom stereocenters. The molecule has 0 aliphatic carbocycles. The van der Waals surface area contributed by atoms with Crippen LogP contribution in [0.25, 0.3) is 49.4 Å². The zero-order valence-electron chi connectivity index (χ0n) is 23.4. The minimum atomic E-state index is 0.256. The van der Waals surface area contributed by atoms with Crippen molar-refractivity contribution in [2.75, 3.05) is 0 Å². The molecule has 0 spiro atoms. The normalized spacial score (nSPS) is 19.7. The summed E-state index contributed by atoms with van der Waals surface area (Å²) in [5.74, 6) is 0.357. The van der Waals surface area contributed by atoms with E-state index in [-0.39, 0.29) is 6.04 Å². The Kier molecular flexibility index (Phi) is 4.92. The Bertz CT molecular complexity index is 2280. The van der Waals surface area contributed by atoms with Crippen molar-refractivity contribution in [2.45, 2.75) is 31.2 Å². The van der Waals surface area contributed by atoms with Gasteiger partial charge < -0.3 is 4.40 Å². The topological polar surface area (TPSA) is 20.6 Å². The fourth-order valence-corrected chi connectivity index (χ4v) is 7.96. The maximum Gasteiger partial charge on any atom is 0.213 e. The van der Waals surface area contributed by atoms with Gasteiger partial charge in [-0.3, -0.25) is 4.99 Å². The SMILES string of the molecule is C=C/C1=N/C(=C)CC2C(CCc3cc4c(cc31)c1cccc3c5ccccc5n4c31)c1ccccc1-c1cccc[n+]12. The van der Waals surface area contributed by atoms with Crippen LogP contribution in [0.5, 0.6) is 0 Å². The number of nitrogens with zero attached hydrogens (tertiary/aromatic N) is 3. The summed E-state index contributed by atoms with van der Waals surface area (Å²) < 4.78 is 4.94. The highest BCUT2D eigenvalue weighted by atomic mass is 15.0. The predicted molar refractivity (Wildman–Crippen MR) is 174 cm³/mol. The highest BCUT2D eigenvalue weighted by Gasteiger charge is 2.40. The number of aliphatic imine (C=N–C) groups is 1. The van der Waals surface area contributed by atoms with Crippen LogP contribution >= 0.6 is 0 Å². The lowest BCUT2D eigenvalue weighted by atomic mass is 9.77. The number of para-hydroxylation sites is 2. The molecule has 0 N–H and O–H groups in total. The van der Waals surface area contributed by atoms with Gasteiger partial charge in [-0.25, -0.2) is 0 Å². The summed E-state index contributed by atoms with van der Waals surface area (Å²) >= 11 is 0. The molecule has 3 nitrogen and oxygen atoms in total. The van der Waals surface area contributed by atoms with Crippen LogP contribution < -0.4 is 4.57 Å². The number of fused-ring (bicyclic) bond motifs is 13. The molecule has 0 radical (unpaired) electrons. The van der Waals surface area contributed by atoms with Crippen molar-refractivity contribution >= 4 is 43.8 Å². The van der Waals surface area contributed by atoms with Gasteiger partial charge in [-0.2, -0.15) is 4.57 Å². The molecule has 5 heterocycles. The molecule has 0 saturated carbocycles. The van der Waals surface area contributed by atoms with Crippen molar-refractivity contribution in [1.82, 2.24) is 4.40 Å². The van der Waals surface area contributed by atoms with E-state index in [2.05, 4.69) is 125 Å². The maximum atomic E-state index is 5.16. The second-order valence-corrected chi connectivity index (χ2v) is 11.8. The Morgan fingerprint density at radius 1 is 0.786 bits per heavy atom. The Morgan fingerprint density at radius 3 is 2.48 bits per heavy atom. The largest absolute Gasteiger partial charge is 0.308 e. The predicted octanol–water partition coefficient (Wildman–Crippen LogP) is 8.95. The van der Waals surface area contributed by atoms with Gasteiger partial charge in [0.1, 0.15) is 0 Å². The van der Waals surface area contributed by atoms with Crippen molar-refractivity contribution in [3.05, 3.63) is 145 Å². The van der Waals surface area contributed by atoms with E-state index in [4.69, 9.17) is 4.99 Å². The molecule has 3 heteroatoms. The minimum absolute atomic E-state index is 0.256. The van der Waals surface area contributed by atoms with Gasteiger partial charge >= 0.3 is 0 Å². The van der Waals surface area contributed by atoms with Gasteiger partial charge in [0, 0.05) is 56.4 Å². The number of hydrogen-bond donors (Lipinski definition) is 0. The summed E-state index contributed by atoms with van der Waals surface area (Å²) in [7, 11) is 0. The zero-order valence-corrected chi connectivity index (χ0v) is 23.4. The van der Waals surface area contributed by atoms with E-state index in [0.29, 0.717) is 5.92 Å². The lowest BCUT2D eigenvalue weighted by Gasteiger charge is -2.31. The number of aromatic nitrogens is 2. The monoisotopic (exact) mass is 540 g/mol.